The van der Waals surface area contributed by atoms with Gasteiger partial charge < -0.3 is 4.57 Å². The quantitative estimate of drug-likeness (QED) is 0.440. The predicted molar refractivity (Wildman–Crippen MR) is 135 cm³/mol. The highest BCUT2D eigenvalue weighted by atomic mass is 32.2. The molecule has 2 aromatic carbocycles. The lowest BCUT2D eigenvalue weighted by Crippen LogP contribution is -1.99. The van der Waals surface area contributed by atoms with Gasteiger partial charge in [0.1, 0.15) is 5.82 Å². The summed E-state index contributed by atoms with van der Waals surface area (Å²) in [7, 11) is -3.17. The van der Waals surface area contributed by atoms with Crippen molar-refractivity contribution in [2.75, 3.05) is 6.26 Å². The highest BCUT2D eigenvalue weighted by Gasteiger charge is 2.10. The van der Waals surface area contributed by atoms with Crippen LogP contribution in [0.4, 0.5) is 0 Å². The molecule has 0 saturated heterocycles. The number of hydrogen-bond acceptors (Lipinski definition) is 3. The van der Waals surface area contributed by atoms with Crippen LogP contribution in [-0.2, 0) is 9.84 Å². The smallest absolute Gasteiger partial charge is 0.175 e. The van der Waals surface area contributed by atoms with Crippen LogP contribution in [-0.4, -0.2) is 24.2 Å². The van der Waals surface area contributed by atoms with Gasteiger partial charge in [0.05, 0.1) is 10.6 Å². The fraction of sp³-hybridized carbons (Fsp3) is 0.296. The molecule has 0 spiro atoms. The summed E-state index contributed by atoms with van der Waals surface area (Å²) in [6.07, 6.45) is 11.0. The number of nitrogens with zero attached hydrogens (tertiary/aromatic N) is 2. The Labute approximate surface area is 193 Å². The third kappa shape index (κ3) is 7.06. The summed E-state index contributed by atoms with van der Waals surface area (Å²) in [5.41, 5.74) is 4.34. The molecule has 1 atom stereocenters. The van der Waals surface area contributed by atoms with Crippen molar-refractivity contribution < 1.29 is 8.42 Å². The molecule has 170 valence electrons. The number of rotatable bonds is 3. The first kappa shape index (κ1) is 25.3. The van der Waals surface area contributed by atoms with E-state index in [1.54, 1.807) is 24.3 Å². The molecule has 0 bridgehead atoms. The average Bonchev–Trinajstić information content (AvgIpc) is 3.17. The molecule has 0 saturated carbocycles. The third-order valence-electron chi connectivity index (χ3n) is 4.96. The van der Waals surface area contributed by atoms with Gasteiger partial charge in [-0.1, -0.05) is 74.9 Å². The second-order valence-electron chi connectivity index (χ2n) is 7.75. The first-order valence-electron chi connectivity index (χ1n) is 11.0. The van der Waals surface area contributed by atoms with E-state index in [-0.39, 0.29) is 0 Å². The Balaban J connectivity index is 0.000000304. The maximum absolute atomic E-state index is 11.5. The van der Waals surface area contributed by atoms with Gasteiger partial charge in [-0.15, -0.1) is 0 Å². The fourth-order valence-corrected chi connectivity index (χ4v) is 4.02. The van der Waals surface area contributed by atoms with E-state index >= 15 is 0 Å². The minimum atomic E-state index is -3.17. The van der Waals surface area contributed by atoms with Crippen molar-refractivity contribution in [2.45, 2.75) is 45.9 Å². The number of benzene rings is 2. The molecule has 1 aliphatic rings. The van der Waals surface area contributed by atoms with Crippen molar-refractivity contribution in [2.24, 2.45) is 5.92 Å². The summed E-state index contributed by atoms with van der Waals surface area (Å²) in [4.78, 5) is 4.89. The van der Waals surface area contributed by atoms with Crippen molar-refractivity contribution >= 4 is 9.84 Å². The van der Waals surface area contributed by atoms with Crippen molar-refractivity contribution in [3.05, 3.63) is 90.4 Å². The Hall–Kier alpha value is -2.92. The lowest BCUT2D eigenvalue weighted by atomic mass is 9.97. The SMILES string of the molecule is CC.CC1=CC=CC(C)C1.Cc1nc(-c2ccccc2)cn1-c1ccc(S(C)(=O)=O)cc1. The van der Waals surface area contributed by atoms with Gasteiger partial charge in [-0.3, -0.25) is 0 Å². The van der Waals surface area contributed by atoms with Gasteiger partial charge in [0, 0.05) is 23.7 Å². The van der Waals surface area contributed by atoms with Crippen LogP contribution < -0.4 is 0 Å². The topological polar surface area (TPSA) is 52.0 Å². The predicted octanol–water partition coefficient (Wildman–Crippen LogP) is 6.81. The van der Waals surface area contributed by atoms with Crippen LogP contribution in [0, 0.1) is 12.8 Å². The molecular weight excluding hydrogens is 416 g/mol. The van der Waals surface area contributed by atoms with E-state index in [2.05, 4.69) is 37.1 Å². The average molecular weight is 451 g/mol. The van der Waals surface area contributed by atoms with Crippen LogP contribution in [0.3, 0.4) is 0 Å². The van der Waals surface area contributed by atoms with Crippen LogP contribution in [0.2, 0.25) is 0 Å². The van der Waals surface area contributed by atoms with E-state index in [1.165, 1.54) is 18.2 Å². The zero-order valence-corrected chi connectivity index (χ0v) is 20.7. The van der Waals surface area contributed by atoms with Crippen LogP contribution in [0.25, 0.3) is 16.9 Å². The fourth-order valence-electron chi connectivity index (χ4n) is 3.39. The summed E-state index contributed by atoms with van der Waals surface area (Å²) in [5, 5.41) is 0. The Kier molecular flexibility index (Phi) is 9.21. The normalized spacial score (nSPS) is 15.1. The van der Waals surface area contributed by atoms with Crippen LogP contribution in [0.5, 0.6) is 0 Å². The van der Waals surface area contributed by atoms with Gasteiger partial charge in [0.15, 0.2) is 9.84 Å². The van der Waals surface area contributed by atoms with Crippen LogP contribution in [0.1, 0.15) is 39.9 Å². The van der Waals surface area contributed by atoms with E-state index in [0.29, 0.717) is 4.90 Å². The first-order chi connectivity index (χ1) is 15.2. The highest BCUT2D eigenvalue weighted by Crippen LogP contribution is 2.22. The van der Waals surface area contributed by atoms with Gasteiger partial charge in [-0.25, -0.2) is 13.4 Å². The lowest BCUT2D eigenvalue weighted by Gasteiger charge is -2.08. The number of imidazole rings is 1. The second-order valence-corrected chi connectivity index (χ2v) is 9.77. The van der Waals surface area contributed by atoms with E-state index < -0.39 is 9.84 Å². The van der Waals surface area contributed by atoms with Gasteiger partial charge >= 0.3 is 0 Å². The summed E-state index contributed by atoms with van der Waals surface area (Å²) < 4.78 is 25.0. The van der Waals surface area contributed by atoms with Crippen LogP contribution >= 0.6 is 0 Å². The number of allylic oxidation sites excluding steroid dienone is 4. The van der Waals surface area contributed by atoms with Crippen molar-refractivity contribution in [1.82, 2.24) is 9.55 Å². The summed E-state index contributed by atoms with van der Waals surface area (Å²) in [6.45, 7) is 10.4. The zero-order valence-electron chi connectivity index (χ0n) is 19.9. The standard InChI is InChI=1S/C17H16N2O2S.C8H12.C2H6/c1-13-18-17(14-6-4-3-5-7-14)12-19(13)15-8-10-16(11-9-15)22(2,20)21;1-7-4-3-5-8(2)6-7;1-2/h3-12H,1-2H3;3-5,7H,6H2,1-2H3;1-2H3. The third-order valence-corrected chi connectivity index (χ3v) is 6.09. The summed E-state index contributed by atoms with van der Waals surface area (Å²) in [6, 6.07) is 16.8. The largest absolute Gasteiger partial charge is 0.303 e. The lowest BCUT2D eigenvalue weighted by molar-refractivity contribution is 0.602. The molecule has 3 aromatic rings. The summed E-state index contributed by atoms with van der Waals surface area (Å²) in [5.74, 6) is 1.62. The molecule has 1 unspecified atom stereocenters. The highest BCUT2D eigenvalue weighted by molar-refractivity contribution is 7.90. The molecule has 0 radical (unpaired) electrons. The van der Waals surface area contributed by atoms with Gasteiger partial charge in [-0.05, 0) is 50.5 Å². The molecule has 1 aliphatic carbocycles. The molecule has 4 nitrogen and oxygen atoms in total. The van der Waals surface area contributed by atoms with Crippen LogP contribution in [0.15, 0.2) is 89.5 Å². The minimum absolute atomic E-state index is 0.317. The Morgan fingerprint density at radius 2 is 1.59 bits per heavy atom. The zero-order chi connectivity index (χ0) is 23.7. The molecule has 0 amide bonds. The number of hydrogen-bond donors (Lipinski definition) is 0. The Bertz CT molecular complexity index is 1160. The number of aromatic nitrogens is 2. The molecule has 5 heteroatoms. The Morgan fingerprint density at radius 1 is 0.969 bits per heavy atom. The van der Waals surface area contributed by atoms with Gasteiger partial charge in [0.2, 0.25) is 0 Å². The van der Waals surface area contributed by atoms with Crippen molar-refractivity contribution in [3.63, 3.8) is 0 Å². The minimum Gasteiger partial charge on any atom is -0.303 e. The molecule has 1 aromatic heterocycles. The van der Waals surface area contributed by atoms with Crippen molar-refractivity contribution in [1.29, 1.82) is 0 Å². The summed E-state index contributed by atoms with van der Waals surface area (Å²) >= 11 is 0. The molecular formula is C27H34N2O2S. The van der Waals surface area contributed by atoms with E-state index in [0.717, 1.165) is 28.7 Å². The molecule has 0 fully saturated rings. The van der Waals surface area contributed by atoms with E-state index in [4.69, 9.17) is 0 Å². The van der Waals surface area contributed by atoms with Crippen molar-refractivity contribution in [3.8, 4) is 16.9 Å². The number of sulfone groups is 1. The molecule has 32 heavy (non-hydrogen) atoms. The maximum atomic E-state index is 11.5. The number of aryl methyl sites for hydroxylation is 1. The molecule has 4 rings (SSSR count). The maximum Gasteiger partial charge on any atom is 0.175 e. The van der Waals surface area contributed by atoms with E-state index in [1.807, 2.05) is 61.9 Å². The molecule has 0 aliphatic heterocycles. The second kappa shape index (κ2) is 11.6. The monoisotopic (exact) mass is 450 g/mol. The van der Waals surface area contributed by atoms with E-state index in [9.17, 15) is 8.42 Å². The Morgan fingerprint density at radius 3 is 2.09 bits per heavy atom. The van der Waals surface area contributed by atoms with Gasteiger partial charge in [-0.2, -0.15) is 0 Å². The first-order valence-corrected chi connectivity index (χ1v) is 12.9. The van der Waals surface area contributed by atoms with Gasteiger partial charge in [0.25, 0.3) is 0 Å². The molecule has 1 heterocycles. The molecule has 0 N–H and O–H groups in total.